The molecule has 0 saturated heterocycles. The van der Waals surface area contributed by atoms with Crippen LogP contribution in [0.3, 0.4) is 0 Å². The van der Waals surface area contributed by atoms with E-state index in [1.165, 1.54) is 33.4 Å². The van der Waals surface area contributed by atoms with Gasteiger partial charge in [0.05, 0.1) is 0 Å². The smallest absolute Gasteiger partial charge is 0.305 e. The van der Waals surface area contributed by atoms with Crippen molar-refractivity contribution in [3.05, 3.63) is 179 Å². The van der Waals surface area contributed by atoms with E-state index in [9.17, 15) is 0 Å². The van der Waals surface area contributed by atoms with E-state index in [0.717, 1.165) is 55.4 Å². The Morgan fingerprint density at radius 3 is 1.31 bits per heavy atom. The molecule has 0 amide bonds. The van der Waals surface area contributed by atoms with Gasteiger partial charge in [-0.3, -0.25) is 0 Å². The first-order valence-electron chi connectivity index (χ1n) is 18.3. The van der Waals surface area contributed by atoms with E-state index in [2.05, 4.69) is 151 Å². The fraction of sp³-hybridized carbons (Fsp3) is 0.184. The molecule has 0 unspecified atom stereocenters. The van der Waals surface area contributed by atoms with Crippen LogP contribution in [-0.4, -0.2) is 19.9 Å². The number of rotatable bonds is 4. The SMILES string of the molecule is CC(C)(C)c1ccnc(-c2[c-]c(C3(c4[c-]c(-c5cc(C(C)(C)C)ccn5)c5ncccc5c4)c4ccccc4-c4ccccc43)cc3cccnc23)c1.[Pt+2]. The summed E-state index contributed by atoms with van der Waals surface area (Å²) in [6.07, 6.45) is 7.54. The zero-order valence-electron chi connectivity index (χ0n) is 31.3. The normalized spacial score (nSPS) is 13.4. The van der Waals surface area contributed by atoms with E-state index in [0.29, 0.717) is 0 Å². The molecular formula is C49H40N4Pt. The topological polar surface area (TPSA) is 51.6 Å². The van der Waals surface area contributed by atoms with Crippen LogP contribution < -0.4 is 0 Å². The molecule has 1 aliphatic carbocycles. The van der Waals surface area contributed by atoms with Gasteiger partial charge in [0, 0.05) is 30.2 Å². The van der Waals surface area contributed by atoms with Gasteiger partial charge < -0.3 is 19.9 Å². The average molecular weight is 880 g/mol. The van der Waals surface area contributed by atoms with Crippen LogP contribution in [0.25, 0.3) is 55.4 Å². The van der Waals surface area contributed by atoms with Crippen LogP contribution in [0, 0.1) is 12.1 Å². The second-order valence-corrected chi connectivity index (χ2v) is 16.2. The van der Waals surface area contributed by atoms with Crippen molar-refractivity contribution in [1.29, 1.82) is 0 Å². The minimum Gasteiger partial charge on any atom is -0.305 e. The molecule has 0 radical (unpaired) electrons. The number of pyridine rings is 4. The predicted octanol–water partition coefficient (Wildman–Crippen LogP) is 11.5. The second kappa shape index (κ2) is 13.2. The standard InChI is InChI=1S/C49H40N4.Pt/c1-47(2,3)33-19-23-50-43(29-33)39-27-35(25-31-13-11-21-52-45(31)39)49(41-17-9-7-15-37(41)38-16-8-10-18-42(38)49)36-26-32-14-12-22-53-46(32)40(28-36)44-30-34(20-24-51-44)48(4,5)6;/h7-26,29-30H,1-6H3;/q-2;+2. The summed E-state index contributed by atoms with van der Waals surface area (Å²) in [5.74, 6) is 0. The molecular weight excluding hydrogens is 840 g/mol. The maximum absolute atomic E-state index is 4.95. The van der Waals surface area contributed by atoms with E-state index in [4.69, 9.17) is 19.9 Å². The number of aromatic nitrogens is 4. The van der Waals surface area contributed by atoms with Gasteiger partial charge in [-0.2, -0.15) is 0 Å². The van der Waals surface area contributed by atoms with E-state index < -0.39 is 5.41 Å². The van der Waals surface area contributed by atoms with Crippen LogP contribution >= 0.6 is 0 Å². The van der Waals surface area contributed by atoms with E-state index in [1.807, 2.05) is 36.9 Å². The molecule has 0 fully saturated rings. The summed E-state index contributed by atoms with van der Waals surface area (Å²) in [6.45, 7) is 13.4. The van der Waals surface area contributed by atoms with E-state index in [-0.39, 0.29) is 31.9 Å². The molecule has 0 aliphatic heterocycles. The first-order chi connectivity index (χ1) is 25.5. The second-order valence-electron chi connectivity index (χ2n) is 16.2. The molecule has 1 aliphatic rings. The van der Waals surface area contributed by atoms with Gasteiger partial charge in [-0.25, -0.2) is 0 Å². The van der Waals surface area contributed by atoms with Crippen LogP contribution in [0.4, 0.5) is 0 Å². The number of hydrogen-bond donors (Lipinski definition) is 0. The molecule has 9 rings (SSSR count). The molecule has 4 nitrogen and oxygen atoms in total. The Kier molecular flexibility index (Phi) is 8.74. The van der Waals surface area contributed by atoms with Crippen LogP contribution in [-0.2, 0) is 37.3 Å². The van der Waals surface area contributed by atoms with Crippen LogP contribution in [0.1, 0.15) is 74.9 Å². The third-order valence-corrected chi connectivity index (χ3v) is 10.8. The Hall–Kier alpha value is -5.31. The molecule has 0 bridgehead atoms. The fourth-order valence-corrected chi connectivity index (χ4v) is 8.06. The van der Waals surface area contributed by atoms with Crippen LogP contribution in [0.5, 0.6) is 0 Å². The Labute approximate surface area is 332 Å². The third-order valence-electron chi connectivity index (χ3n) is 10.8. The largest absolute Gasteiger partial charge is 2.00 e. The fourth-order valence-electron chi connectivity index (χ4n) is 8.06. The Morgan fingerprint density at radius 1 is 0.463 bits per heavy atom. The Morgan fingerprint density at radius 2 is 0.889 bits per heavy atom. The molecule has 0 atom stereocenters. The Bertz CT molecular complexity index is 2530. The zero-order valence-corrected chi connectivity index (χ0v) is 33.6. The summed E-state index contributed by atoms with van der Waals surface area (Å²) >= 11 is 0. The summed E-state index contributed by atoms with van der Waals surface area (Å²) < 4.78 is 0. The van der Waals surface area contributed by atoms with Crippen molar-refractivity contribution < 1.29 is 21.1 Å². The van der Waals surface area contributed by atoms with Gasteiger partial charge >= 0.3 is 21.1 Å². The van der Waals surface area contributed by atoms with Crippen LogP contribution in [0.15, 0.2) is 134 Å². The molecule has 4 aromatic heterocycles. The maximum Gasteiger partial charge on any atom is 2.00 e. The maximum atomic E-state index is 4.95. The molecule has 0 spiro atoms. The molecule has 0 saturated carbocycles. The van der Waals surface area contributed by atoms with Crippen molar-refractivity contribution in [3.63, 3.8) is 0 Å². The molecule has 5 heteroatoms. The van der Waals surface area contributed by atoms with E-state index >= 15 is 0 Å². The first-order valence-corrected chi connectivity index (χ1v) is 18.3. The Balaban J connectivity index is 0.00000413. The van der Waals surface area contributed by atoms with Gasteiger partial charge in [-0.05, 0) is 90.9 Å². The van der Waals surface area contributed by atoms with Gasteiger partial charge in [-0.15, -0.1) is 35.4 Å². The quantitative estimate of drug-likeness (QED) is 0.165. The number of benzene rings is 4. The summed E-state index contributed by atoms with van der Waals surface area (Å²) in [4.78, 5) is 19.8. The third kappa shape index (κ3) is 5.71. The van der Waals surface area contributed by atoms with Gasteiger partial charge in [0.25, 0.3) is 0 Å². The average Bonchev–Trinajstić information content (AvgIpc) is 3.47. The van der Waals surface area contributed by atoms with Gasteiger partial charge in [0.15, 0.2) is 0 Å². The monoisotopic (exact) mass is 879 g/mol. The van der Waals surface area contributed by atoms with Crippen LogP contribution in [0.2, 0.25) is 0 Å². The molecule has 4 aromatic carbocycles. The summed E-state index contributed by atoms with van der Waals surface area (Å²) in [6, 6.07) is 47.1. The van der Waals surface area contributed by atoms with Crippen molar-refractivity contribution in [3.8, 4) is 33.6 Å². The number of fused-ring (bicyclic) bond motifs is 5. The molecule has 8 aromatic rings. The van der Waals surface area contributed by atoms with Crippen molar-refractivity contribution in [2.45, 2.75) is 57.8 Å². The summed E-state index contributed by atoms with van der Waals surface area (Å²) in [5, 5.41) is 2.06. The van der Waals surface area contributed by atoms with Crippen molar-refractivity contribution in [2.24, 2.45) is 0 Å². The number of nitrogens with zero attached hydrogens (tertiary/aromatic N) is 4. The zero-order chi connectivity index (χ0) is 36.5. The molecule has 4 heterocycles. The first kappa shape index (κ1) is 35.7. The molecule has 0 N–H and O–H groups in total. The predicted molar refractivity (Wildman–Crippen MR) is 216 cm³/mol. The molecule has 54 heavy (non-hydrogen) atoms. The summed E-state index contributed by atoms with van der Waals surface area (Å²) in [7, 11) is 0. The van der Waals surface area contributed by atoms with E-state index in [1.54, 1.807) is 0 Å². The summed E-state index contributed by atoms with van der Waals surface area (Å²) in [5.41, 5.74) is 13.6. The minimum atomic E-state index is -0.784. The van der Waals surface area contributed by atoms with Crippen molar-refractivity contribution in [1.82, 2.24) is 19.9 Å². The molecule has 266 valence electrons. The van der Waals surface area contributed by atoms with Gasteiger partial charge in [-0.1, -0.05) is 136 Å². The minimum absolute atomic E-state index is 0. The number of hydrogen-bond acceptors (Lipinski definition) is 4. The van der Waals surface area contributed by atoms with Gasteiger partial charge in [0.2, 0.25) is 0 Å². The van der Waals surface area contributed by atoms with Gasteiger partial charge in [0.1, 0.15) is 0 Å². The van der Waals surface area contributed by atoms with Crippen molar-refractivity contribution in [2.75, 3.05) is 0 Å². The van der Waals surface area contributed by atoms with Crippen molar-refractivity contribution >= 4 is 21.8 Å².